The van der Waals surface area contributed by atoms with Crippen LogP contribution in [-0.2, 0) is 20.7 Å². The van der Waals surface area contributed by atoms with E-state index in [1.165, 1.54) is 7.11 Å². The van der Waals surface area contributed by atoms with Crippen molar-refractivity contribution in [2.75, 3.05) is 7.11 Å². The summed E-state index contributed by atoms with van der Waals surface area (Å²) in [6.07, 6.45) is 8.46. The van der Waals surface area contributed by atoms with Gasteiger partial charge < -0.3 is 30.1 Å². The summed E-state index contributed by atoms with van der Waals surface area (Å²) in [6, 6.07) is 1.69. The van der Waals surface area contributed by atoms with Gasteiger partial charge in [0.15, 0.2) is 5.78 Å². The molecule has 3 aromatic rings. The molecule has 0 amide bonds. The Hall–Kier alpha value is -4.02. The molecule has 1 N–H and O–H groups in total. The van der Waals surface area contributed by atoms with Gasteiger partial charge in [-0.25, -0.2) is 0 Å². The Kier molecular flexibility index (Phi) is 8.43. The number of hydrogen-bond acceptors (Lipinski definition) is 4. The van der Waals surface area contributed by atoms with Crippen molar-refractivity contribution < 1.29 is 24.2 Å². The molecule has 3 atom stereocenters. The molecule has 8 bridgehead atoms. The van der Waals surface area contributed by atoms with Crippen LogP contribution in [0.25, 0.3) is 35.2 Å². The van der Waals surface area contributed by atoms with Crippen LogP contribution >= 0.6 is 0 Å². The molecule has 1 aliphatic carbocycles. The maximum Gasteiger partial charge on any atom is 2.00 e. The predicted octanol–water partition coefficient (Wildman–Crippen LogP) is 3.21. The van der Waals surface area contributed by atoms with Crippen molar-refractivity contribution in [3.05, 3.63) is 90.6 Å². The van der Waals surface area contributed by atoms with E-state index in [1.54, 1.807) is 12.1 Å². The molecule has 0 saturated carbocycles. The van der Waals surface area contributed by atoms with Gasteiger partial charge in [0.2, 0.25) is 0 Å². The van der Waals surface area contributed by atoms with E-state index < -0.39 is 23.6 Å². The molecule has 0 aromatic carbocycles. The molecule has 0 unspecified atom stereocenters. The number of carbonyl (C=O) groups is 3. The van der Waals surface area contributed by atoms with Gasteiger partial charge in [-0.15, -0.1) is 33.5 Å². The van der Waals surface area contributed by atoms with Gasteiger partial charge in [-0.2, -0.15) is 11.4 Å². The maximum absolute atomic E-state index is 13.7. The van der Waals surface area contributed by atoms with Crippen LogP contribution in [0.15, 0.2) is 24.0 Å². The first-order valence-electron chi connectivity index (χ1n) is 14.4. The van der Waals surface area contributed by atoms with Crippen LogP contribution in [0, 0.1) is 31.6 Å². The number of aliphatic carboxylic acids is 1. The summed E-state index contributed by atoms with van der Waals surface area (Å²) >= 11 is 0. The number of hydrogen-bond donors (Lipinski definition) is 1. The molecule has 10 heteroatoms. The molecule has 1 saturated heterocycles. The Morgan fingerprint density at radius 3 is 2.48 bits per heavy atom. The van der Waals surface area contributed by atoms with Crippen molar-refractivity contribution in [3.8, 4) is 0 Å². The summed E-state index contributed by atoms with van der Waals surface area (Å²) in [6.45, 7) is 12.1. The molecule has 2 aliphatic heterocycles. The summed E-state index contributed by atoms with van der Waals surface area (Å²) in [4.78, 5) is 53.2. The predicted molar refractivity (Wildman–Crippen MR) is 168 cm³/mol. The Balaban J connectivity index is 0.00000384. The van der Waals surface area contributed by atoms with E-state index in [0.717, 1.165) is 50.8 Å². The first kappa shape index (κ1) is 31.4. The number of ketones is 1. The second kappa shape index (κ2) is 11.8. The van der Waals surface area contributed by atoms with Gasteiger partial charge in [-0.05, 0) is 44.1 Å². The van der Waals surface area contributed by atoms with E-state index in [0.29, 0.717) is 33.9 Å². The number of rotatable bonds is 6. The number of carboxylic acids is 1. The van der Waals surface area contributed by atoms with Crippen LogP contribution in [0.3, 0.4) is 0 Å². The zero-order valence-corrected chi connectivity index (χ0v) is 26.9. The zero-order chi connectivity index (χ0) is 30.7. The summed E-state index contributed by atoms with van der Waals surface area (Å²) in [7, 11) is 1.25. The number of aromatic nitrogens is 3. The fraction of sp³-hybridized carbons (Fsp3) is 0.324. The SMILES string of the molecule is C=Cc1c2[n-]c(c1C)/C=C1\[N-]/C(=C3\c4[n-]c(cc4C(=O)[C@@H]3C(=O)OC)/C=c3\[n-]/c(c(C)c3CC)=C\2)[C@@H](CCC(=O)O)[C@@H]1C.[Mg+2]. The average Bonchev–Trinajstić information content (AvgIpc) is 3.73. The fourth-order valence-electron chi connectivity index (χ4n) is 6.65. The van der Waals surface area contributed by atoms with Crippen molar-refractivity contribution in [1.82, 2.24) is 15.0 Å². The van der Waals surface area contributed by atoms with Gasteiger partial charge in [0.05, 0.1) is 7.11 Å². The number of methoxy groups -OCH3 is 1. The van der Waals surface area contributed by atoms with E-state index >= 15 is 0 Å². The van der Waals surface area contributed by atoms with Gasteiger partial charge in [-0.3, -0.25) is 14.4 Å². The largest absolute Gasteiger partial charge is 2.00 e. The van der Waals surface area contributed by atoms with E-state index in [-0.39, 0.29) is 47.7 Å². The number of carboxylic acid groups (broad SMARTS) is 1. The second-order valence-electron chi connectivity index (χ2n) is 11.3. The third-order valence-corrected chi connectivity index (χ3v) is 9.00. The maximum atomic E-state index is 13.7. The third-order valence-electron chi connectivity index (χ3n) is 9.00. The van der Waals surface area contributed by atoms with E-state index in [9.17, 15) is 19.5 Å². The summed E-state index contributed by atoms with van der Waals surface area (Å²) in [5, 5.41) is 16.1. The van der Waals surface area contributed by atoms with Crippen LogP contribution in [0.2, 0.25) is 0 Å². The minimum Gasteiger partial charge on any atom is -0.664 e. The monoisotopic (exact) mass is 600 g/mol. The van der Waals surface area contributed by atoms with Crippen LogP contribution in [0.5, 0.6) is 0 Å². The average molecular weight is 601 g/mol. The second-order valence-corrected chi connectivity index (χ2v) is 11.3. The summed E-state index contributed by atoms with van der Waals surface area (Å²) < 4.78 is 5.07. The standard InChI is InChI=1S/C34H34N4O5.Mg/c1-7-19-15(3)24-14-27-20(8-2)16(4)23(37-27)13-25-17(5)21(9-10-28(39)40)31(38-25)29-30(34(42)43-6)33(41)22-11-18(35-32(22)29)12-26(19)36-24;/h8,11-14,17,21,30H,2,7,9-10H2,1,3-6H3,(H3,35,38,39,40,41);/q-2;+2/p-2/b24-14-,25-13-,26-12-;/t17-,21-,30+;/m0./s1. The van der Waals surface area contributed by atoms with E-state index in [1.807, 2.05) is 39.0 Å². The Morgan fingerprint density at radius 2 is 1.82 bits per heavy atom. The number of carbonyl (C=O) groups excluding carboxylic acids is 2. The minimum absolute atomic E-state index is 0. The summed E-state index contributed by atoms with van der Waals surface area (Å²) in [5.74, 6) is -3.83. The Labute approximate surface area is 271 Å². The van der Waals surface area contributed by atoms with Crippen molar-refractivity contribution in [2.45, 2.75) is 47.0 Å². The normalized spacial score (nSPS) is 24.2. The third kappa shape index (κ3) is 4.90. The zero-order valence-electron chi connectivity index (χ0n) is 25.5. The molecule has 9 nitrogen and oxygen atoms in total. The van der Waals surface area contributed by atoms with E-state index in [4.69, 9.17) is 25.0 Å². The number of esters is 1. The topological polar surface area (TPSA) is 137 Å². The van der Waals surface area contributed by atoms with Gasteiger partial charge in [0.25, 0.3) is 0 Å². The molecule has 5 heterocycles. The molecular weight excluding hydrogens is 569 g/mol. The smallest absolute Gasteiger partial charge is 0.664 e. The van der Waals surface area contributed by atoms with Crippen LogP contribution in [0.4, 0.5) is 0 Å². The van der Waals surface area contributed by atoms with Crippen molar-refractivity contribution >= 4 is 70.7 Å². The molecule has 44 heavy (non-hydrogen) atoms. The number of allylic oxidation sites excluding steroid dienone is 2. The fourth-order valence-corrected chi connectivity index (χ4v) is 6.65. The molecule has 3 aromatic heterocycles. The van der Waals surface area contributed by atoms with Crippen molar-refractivity contribution in [3.63, 3.8) is 0 Å². The van der Waals surface area contributed by atoms with E-state index in [2.05, 4.69) is 13.5 Å². The number of fused-ring (bicyclic) bond motifs is 7. The number of nitrogens with zero attached hydrogens (tertiary/aromatic N) is 4. The van der Waals surface area contributed by atoms with Gasteiger partial charge in [0.1, 0.15) is 5.92 Å². The van der Waals surface area contributed by atoms with Crippen LogP contribution in [-0.4, -0.2) is 53.0 Å². The Bertz CT molecular complexity index is 1920. The Morgan fingerprint density at radius 1 is 1.07 bits per heavy atom. The van der Waals surface area contributed by atoms with Gasteiger partial charge >= 0.3 is 35.0 Å². The molecular formula is C34H32MgN4O5-2. The van der Waals surface area contributed by atoms with Crippen molar-refractivity contribution in [2.24, 2.45) is 17.8 Å². The van der Waals surface area contributed by atoms with Gasteiger partial charge in [-0.1, -0.05) is 73.1 Å². The van der Waals surface area contributed by atoms with Crippen molar-refractivity contribution in [1.29, 1.82) is 0 Å². The van der Waals surface area contributed by atoms with Crippen LogP contribution < -0.4 is 25.7 Å². The van der Waals surface area contributed by atoms with Crippen LogP contribution in [0.1, 0.15) is 82.1 Å². The summed E-state index contributed by atoms with van der Waals surface area (Å²) in [5.41, 5.74) is 8.24. The number of ether oxygens (including phenoxy) is 1. The minimum atomic E-state index is -1.22. The molecule has 1 fully saturated rings. The molecule has 3 aliphatic rings. The molecule has 0 spiro atoms. The first-order chi connectivity index (χ1) is 20.6. The number of Topliss-reactive ketones (excluding diaryl/α,β-unsaturated/α-hetero) is 1. The van der Waals surface area contributed by atoms with Gasteiger partial charge in [0, 0.05) is 12.0 Å². The molecule has 6 rings (SSSR count). The quantitative estimate of drug-likeness (QED) is 0.259. The first-order valence-corrected chi connectivity index (χ1v) is 14.4. The molecule has 0 radical (unpaired) electrons. The molecule has 222 valence electrons.